The van der Waals surface area contributed by atoms with E-state index in [-0.39, 0.29) is 5.91 Å². The Morgan fingerprint density at radius 3 is 2.88 bits per heavy atom. The van der Waals surface area contributed by atoms with Crippen LogP contribution in [0.4, 0.5) is 5.13 Å². The molecule has 2 aromatic rings. The average molecular weight is 348 g/mol. The Labute approximate surface area is 146 Å². The lowest BCUT2D eigenvalue weighted by molar-refractivity contribution is -0.116. The van der Waals surface area contributed by atoms with Gasteiger partial charge in [0.1, 0.15) is 11.6 Å². The lowest BCUT2D eigenvalue weighted by atomic mass is 10.2. The normalized spacial score (nSPS) is 18.2. The molecule has 0 radical (unpaired) electrons. The van der Waals surface area contributed by atoms with Crippen molar-refractivity contribution >= 4 is 22.4 Å². The largest absolute Gasteiger partial charge is 0.293 e. The fraction of sp³-hybridized carbons (Fsp3) is 0.625. The Kier molecular flexibility index (Phi) is 4.96. The van der Waals surface area contributed by atoms with Gasteiger partial charge in [0.15, 0.2) is 5.13 Å². The van der Waals surface area contributed by atoms with Crippen molar-refractivity contribution in [1.29, 1.82) is 0 Å². The van der Waals surface area contributed by atoms with Gasteiger partial charge in [-0.15, -0.1) is 11.3 Å². The van der Waals surface area contributed by atoms with Crippen LogP contribution in [0.2, 0.25) is 0 Å². The van der Waals surface area contributed by atoms with Gasteiger partial charge in [0.2, 0.25) is 5.91 Å². The monoisotopic (exact) mass is 348 g/mol. The molecule has 7 nitrogen and oxygen atoms in total. The SMILES string of the molecule is CC(=O)N(C)c1nc(CN2CCC[C@H]2Cn2nc(C)nc2C)cs1. The number of carbonyl (C=O) groups excluding carboxylic acids is 1. The summed E-state index contributed by atoms with van der Waals surface area (Å²) in [6.07, 6.45) is 2.37. The Bertz CT molecular complexity index is 724. The van der Waals surface area contributed by atoms with Gasteiger partial charge in [-0.1, -0.05) is 0 Å². The smallest absolute Gasteiger partial charge is 0.225 e. The molecular formula is C16H24N6OS. The quantitative estimate of drug-likeness (QED) is 0.827. The lowest BCUT2D eigenvalue weighted by Gasteiger charge is -2.23. The van der Waals surface area contributed by atoms with Crippen LogP contribution in [0.5, 0.6) is 0 Å². The first-order valence-electron chi connectivity index (χ1n) is 8.25. The minimum absolute atomic E-state index is 0.00646. The molecule has 0 aliphatic carbocycles. The highest BCUT2D eigenvalue weighted by Gasteiger charge is 2.26. The van der Waals surface area contributed by atoms with E-state index in [1.165, 1.54) is 24.2 Å². The second kappa shape index (κ2) is 6.98. The first-order chi connectivity index (χ1) is 11.4. The number of likely N-dealkylation sites (tertiary alicyclic amines) is 1. The summed E-state index contributed by atoms with van der Waals surface area (Å²) in [6, 6.07) is 0.459. The van der Waals surface area contributed by atoms with Crippen molar-refractivity contribution in [2.75, 3.05) is 18.5 Å². The molecule has 8 heteroatoms. The summed E-state index contributed by atoms with van der Waals surface area (Å²) in [7, 11) is 1.76. The molecule has 0 bridgehead atoms. The average Bonchev–Trinajstić information content (AvgIpc) is 3.22. The molecule has 1 aliphatic heterocycles. The van der Waals surface area contributed by atoms with Gasteiger partial charge in [-0.2, -0.15) is 5.10 Å². The van der Waals surface area contributed by atoms with E-state index in [4.69, 9.17) is 0 Å². The van der Waals surface area contributed by atoms with Gasteiger partial charge in [0.25, 0.3) is 0 Å². The van der Waals surface area contributed by atoms with Crippen LogP contribution in [0.15, 0.2) is 5.38 Å². The number of aryl methyl sites for hydroxylation is 2. The highest BCUT2D eigenvalue weighted by Crippen LogP contribution is 2.25. The van der Waals surface area contributed by atoms with E-state index in [0.717, 1.165) is 42.1 Å². The van der Waals surface area contributed by atoms with E-state index in [1.54, 1.807) is 18.9 Å². The van der Waals surface area contributed by atoms with Crippen molar-refractivity contribution in [3.63, 3.8) is 0 Å². The number of nitrogens with zero attached hydrogens (tertiary/aromatic N) is 6. The molecule has 3 rings (SSSR count). The number of hydrogen-bond donors (Lipinski definition) is 0. The van der Waals surface area contributed by atoms with E-state index in [0.29, 0.717) is 6.04 Å². The number of thiazole rings is 1. The topological polar surface area (TPSA) is 67.2 Å². The molecule has 0 aromatic carbocycles. The summed E-state index contributed by atoms with van der Waals surface area (Å²) in [4.78, 5) is 24.5. The van der Waals surface area contributed by atoms with Gasteiger partial charge in [-0.3, -0.25) is 14.6 Å². The summed E-state index contributed by atoms with van der Waals surface area (Å²) in [5.41, 5.74) is 1.03. The second-order valence-corrected chi connectivity index (χ2v) is 7.19. The fourth-order valence-corrected chi connectivity index (χ4v) is 3.93. The molecule has 2 aromatic heterocycles. The van der Waals surface area contributed by atoms with Gasteiger partial charge >= 0.3 is 0 Å². The zero-order valence-electron chi connectivity index (χ0n) is 14.7. The summed E-state index contributed by atoms with van der Waals surface area (Å²) in [5.74, 6) is 1.80. The number of aromatic nitrogens is 4. The van der Waals surface area contributed by atoms with E-state index in [1.807, 2.05) is 18.5 Å². The van der Waals surface area contributed by atoms with Gasteiger partial charge in [0, 0.05) is 31.9 Å². The summed E-state index contributed by atoms with van der Waals surface area (Å²) in [6.45, 7) is 8.26. The van der Waals surface area contributed by atoms with E-state index in [2.05, 4.69) is 25.3 Å². The van der Waals surface area contributed by atoms with E-state index >= 15 is 0 Å². The molecule has 130 valence electrons. The predicted octanol–water partition coefficient (Wildman–Crippen LogP) is 2.00. The maximum absolute atomic E-state index is 11.5. The first-order valence-corrected chi connectivity index (χ1v) is 9.13. The maximum Gasteiger partial charge on any atom is 0.225 e. The van der Waals surface area contributed by atoms with E-state index in [9.17, 15) is 4.79 Å². The number of hydrogen-bond acceptors (Lipinski definition) is 6. The standard InChI is InChI=1S/C16H24N6OS/c1-11-17-12(2)22(19-11)9-15-6-5-7-21(15)8-14-10-24-16(18-14)20(4)13(3)23/h10,15H,5-9H2,1-4H3/t15-/m0/s1. The molecule has 1 amide bonds. The molecule has 3 heterocycles. The summed E-state index contributed by atoms with van der Waals surface area (Å²) in [5, 5.41) is 7.29. The summed E-state index contributed by atoms with van der Waals surface area (Å²) < 4.78 is 2.01. The van der Waals surface area contributed by atoms with Gasteiger partial charge in [-0.25, -0.2) is 14.6 Å². The van der Waals surface area contributed by atoms with Crippen LogP contribution in [0, 0.1) is 13.8 Å². The Morgan fingerprint density at radius 2 is 2.21 bits per heavy atom. The third kappa shape index (κ3) is 3.64. The molecule has 0 N–H and O–H groups in total. The molecular weight excluding hydrogens is 324 g/mol. The number of anilines is 1. The highest BCUT2D eigenvalue weighted by molar-refractivity contribution is 7.14. The predicted molar refractivity (Wildman–Crippen MR) is 94.1 cm³/mol. The lowest BCUT2D eigenvalue weighted by Crippen LogP contribution is -2.33. The minimum Gasteiger partial charge on any atom is -0.293 e. The third-order valence-electron chi connectivity index (χ3n) is 4.51. The Balaban J connectivity index is 1.66. The van der Waals surface area contributed by atoms with Crippen molar-refractivity contribution < 1.29 is 4.79 Å². The van der Waals surface area contributed by atoms with Crippen molar-refractivity contribution in [1.82, 2.24) is 24.6 Å². The molecule has 0 saturated carbocycles. The number of amides is 1. The zero-order chi connectivity index (χ0) is 17.3. The number of carbonyl (C=O) groups is 1. The van der Waals surface area contributed by atoms with Crippen LogP contribution in [0.25, 0.3) is 0 Å². The molecule has 0 unspecified atom stereocenters. The Morgan fingerprint density at radius 1 is 1.42 bits per heavy atom. The summed E-state index contributed by atoms with van der Waals surface area (Å²) >= 11 is 1.52. The van der Waals surface area contributed by atoms with Crippen LogP contribution in [-0.4, -0.2) is 50.2 Å². The van der Waals surface area contributed by atoms with Crippen molar-refractivity contribution in [3.05, 3.63) is 22.7 Å². The van der Waals surface area contributed by atoms with Gasteiger partial charge < -0.3 is 0 Å². The molecule has 0 spiro atoms. The van der Waals surface area contributed by atoms with Crippen LogP contribution >= 0.6 is 11.3 Å². The maximum atomic E-state index is 11.5. The Hall–Kier alpha value is -1.80. The van der Waals surface area contributed by atoms with Crippen LogP contribution in [-0.2, 0) is 17.9 Å². The third-order valence-corrected chi connectivity index (χ3v) is 5.48. The molecule has 1 aliphatic rings. The molecule has 1 saturated heterocycles. The molecule has 1 atom stereocenters. The van der Waals surface area contributed by atoms with Crippen molar-refractivity contribution in [2.24, 2.45) is 0 Å². The van der Waals surface area contributed by atoms with Crippen LogP contribution < -0.4 is 4.90 Å². The first kappa shape index (κ1) is 17.0. The van der Waals surface area contributed by atoms with Crippen molar-refractivity contribution in [2.45, 2.75) is 52.7 Å². The molecule has 24 heavy (non-hydrogen) atoms. The fourth-order valence-electron chi connectivity index (χ4n) is 3.11. The van der Waals surface area contributed by atoms with Crippen LogP contribution in [0.3, 0.4) is 0 Å². The highest BCUT2D eigenvalue weighted by atomic mass is 32.1. The zero-order valence-corrected chi connectivity index (χ0v) is 15.5. The van der Waals surface area contributed by atoms with E-state index < -0.39 is 0 Å². The van der Waals surface area contributed by atoms with Crippen molar-refractivity contribution in [3.8, 4) is 0 Å². The second-order valence-electron chi connectivity index (χ2n) is 6.35. The van der Waals surface area contributed by atoms with Gasteiger partial charge in [0.05, 0.1) is 12.2 Å². The molecule has 1 fully saturated rings. The van der Waals surface area contributed by atoms with Crippen LogP contribution in [0.1, 0.15) is 37.1 Å². The van der Waals surface area contributed by atoms with Gasteiger partial charge in [-0.05, 0) is 33.2 Å². The number of rotatable bonds is 5. The minimum atomic E-state index is 0.00646.